The second kappa shape index (κ2) is 6.11. The third kappa shape index (κ3) is 3.15. The monoisotopic (exact) mass is 289 g/mol. The van der Waals surface area contributed by atoms with E-state index in [2.05, 4.69) is 29.2 Å². The van der Waals surface area contributed by atoms with E-state index in [1.807, 2.05) is 31.7 Å². The van der Waals surface area contributed by atoms with Crippen molar-refractivity contribution in [3.63, 3.8) is 0 Å². The molecule has 1 atom stereocenters. The fourth-order valence-corrected chi connectivity index (χ4v) is 2.27. The summed E-state index contributed by atoms with van der Waals surface area (Å²) in [5.41, 5.74) is 2.10. The summed E-state index contributed by atoms with van der Waals surface area (Å²) >= 11 is 0. The van der Waals surface area contributed by atoms with Crippen molar-refractivity contribution < 1.29 is 4.79 Å². The summed E-state index contributed by atoms with van der Waals surface area (Å²) in [5, 5.41) is 7.14. The molecule has 114 valence electrons. The standard InChI is InChI=1S/C15H23N5O/c1-10(2)14-16-6-7-20(14)12(4)15(21)17-8-13-9-18-19(5)11(13)3/h6-7,9-10,12H,8H2,1-5H3,(H,17,21)/t12-/m0/s1. The van der Waals surface area contributed by atoms with Gasteiger partial charge in [-0.15, -0.1) is 0 Å². The molecule has 1 amide bonds. The lowest BCUT2D eigenvalue weighted by atomic mass is 10.2. The molecule has 0 aromatic carbocycles. The highest BCUT2D eigenvalue weighted by atomic mass is 16.2. The van der Waals surface area contributed by atoms with Crippen LogP contribution in [-0.4, -0.2) is 25.2 Å². The van der Waals surface area contributed by atoms with Crippen LogP contribution in [0.15, 0.2) is 18.6 Å². The van der Waals surface area contributed by atoms with E-state index in [0.29, 0.717) is 6.54 Å². The van der Waals surface area contributed by atoms with Gasteiger partial charge < -0.3 is 9.88 Å². The largest absolute Gasteiger partial charge is 0.350 e. The summed E-state index contributed by atoms with van der Waals surface area (Å²) in [4.78, 5) is 16.6. The Morgan fingerprint density at radius 3 is 2.67 bits per heavy atom. The minimum atomic E-state index is -0.276. The zero-order valence-corrected chi connectivity index (χ0v) is 13.3. The van der Waals surface area contributed by atoms with Crippen molar-refractivity contribution in [2.24, 2.45) is 7.05 Å². The molecule has 0 unspecified atom stereocenters. The Morgan fingerprint density at radius 2 is 2.10 bits per heavy atom. The van der Waals surface area contributed by atoms with Crippen LogP contribution in [0.1, 0.15) is 49.8 Å². The number of aryl methyl sites for hydroxylation is 1. The van der Waals surface area contributed by atoms with E-state index in [1.165, 1.54) is 0 Å². The highest BCUT2D eigenvalue weighted by Gasteiger charge is 2.19. The van der Waals surface area contributed by atoms with Gasteiger partial charge in [0.1, 0.15) is 11.9 Å². The molecule has 0 saturated heterocycles. The number of carbonyl (C=O) groups is 1. The van der Waals surface area contributed by atoms with Crippen LogP contribution >= 0.6 is 0 Å². The molecule has 2 heterocycles. The first-order valence-electron chi connectivity index (χ1n) is 7.19. The van der Waals surface area contributed by atoms with Crippen molar-refractivity contribution in [2.75, 3.05) is 0 Å². The lowest BCUT2D eigenvalue weighted by Crippen LogP contribution is -2.31. The van der Waals surface area contributed by atoms with Gasteiger partial charge in [0.15, 0.2) is 0 Å². The summed E-state index contributed by atoms with van der Waals surface area (Å²) in [6.07, 6.45) is 5.39. The highest BCUT2D eigenvalue weighted by molar-refractivity contribution is 5.80. The molecular weight excluding hydrogens is 266 g/mol. The molecule has 2 aromatic heterocycles. The summed E-state index contributed by atoms with van der Waals surface area (Å²) in [6, 6.07) is -0.276. The van der Waals surface area contributed by atoms with Crippen molar-refractivity contribution in [3.05, 3.63) is 35.7 Å². The van der Waals surface area contributed by atoms with Gasteiger partial charge in [-0.2, -0.15) is 5.10 Å². The van der Waals surface area contributed by atoms with Gasteiger partial charge in [0.25, 0.3) is 0 Å². The number of imidazole rings is 1. The quantitative estimate of drug-likeness (QED) is 0.914. The van der Waals surface area contributed by atoms with E-state index < -0.39 is 0 Å². The minimum absolute atomic E-state index is 0.0156. The Morgan fingerprint density at radius 1 is 1.38 bits per heavy atom. The van der Waals surface area contributed by atoms with Gasteiger partial charge >= 0.3 is 0 Å². The maximum atomic E-state index is 12.3. The van der Waals surface area contributed by atoms with E-state index in [0.717, 1.165) is 17.1 Å². The highest BCUT2D eigenvalue weighted by Crippen LogP contribution is 2.17. The Labute approximate surface area is 125 Å². The number of nitrogens with zero attached hydrogens (tertiary/aromatic N) is 4. The van der Waals surface area contributed by atoms with Crippen LogP contribution in [0.25, 0.3) is 0 Å². The molecule has 0 saturated carbocycles. The second-order valence-electron chi connectivity index (χ2n) is 5.62. The third-order valence-electron chi connectivity index (χ3n) is 3.80. The number of hydrogen-bond donors (Lipinski definition) is 1. The Balaban J connectivity index is 2.03. The second-order valence-corrected chi connectivity index (χ2v) is 5.62. The zero-order valence-electron chi connectivity index (χ0n) is 13.3. The molecule has 0 aliphatic heterocycles. The molecule has 2 aromatic rings. The fraction of sp³-hybridized carbons (Fsp3) is 0.533. The lowest BCUT2D eigenvalue weighted by molar-refractivity contribution is -0.124. The molecule has 6 heteroatoms. The molecule has 0 fully saturated rings. The van der Waals surface area contributed by atoms with Crippen LogP contribution < -0.4 is 5.32 Å². The maximum absolute atomic E-state index is 12.3. The average molecular weight is 289 g/mol. The van der Waals surface area contributed by atoms with Gasteiger partial charge in [-0.3, -0.25) is 9.48 Å². The predicted molar refractivity (Wildman–Crippen MR) is 80.8 cm³/mol. The van der Waals surface area contributed by atoms with E-state index >= 15 is 0 Å². The number of nitrogens with one attached hydrogen (secondary N) is 1. The lowest BCUT2D eigenvalue weighted by Gasteiger charge is -2.17. The number of rotatable bonds is 5. The smallest absolute Gasteiger partial charge is 0.243 e. The predicted octanol–water partition coefficient (Wildman–Crippen LogP) is 1.93. The number of amides is 1. The van der Waals surface area contributed by atoms with Crippen LogP contribution in [0.5, 0.6) is 0 Å². The molecule has 0 bridgehead atoms. The third-order valence-corrected chi connectivity index (χ3v) is 3.80. The van der Waals surface area contributed by atoms with Gasteiger partial charge in [-0.1, -0.05) is 13.8 Å². The summed E-state index contributed by atoms with van der Waals surface area (Å²) in [7, 11) is 1.89. The molecule has 21 heavy (non-hydrogen) atoms. The fourth-order valence-electron chi connectivity index (χ4n) is 2.27. The zero-order chi connectivity index (χ0) is 15.6. The Kier molecular flexibility index (Phi) is 4.45. The molecule has 0 aliphatic rings. The molecule has 0 spiro atoms. The summed E-state index contributed by atoms with van der Waals surface area (Å²) < 4.78 is 3.73. The van der Waals surface area contributed by atoms with Gasteiger partial charge in [0.05, 0.1) is 6.20 Å². The van der Waals surface area contributed by atoms with Crippen molar-refractivity contribution in [1.82, 2.24) is 24.6 Å². The van der Waals surface area contributed by atoms with Crippen molar-refractivity contribution in [2.45, 2.75) is 46.2 Å². The number of aromatic nitrogens is 4. The van der Waals surface area contributed by atoms with Gasteiger partial charge in [-0.05, 0) is 13.8 Å². The van der Waals surface area contributed by atoms with E-state index in [4.69, 9.17) is 0 Å². The van der Waals surface area contributed by atoms with Crippen LogP contribution in [0.2, 0.25) is 0 Å². The van der Waals surface area contributed by atoms with Crippen molar-refractivity contribution in [1.29, 1.82) is 0 Å². The molecule has 0 aliphatic carbocycles. The van der Waals surface area contributed by atoms with Crippen LogP contribution in [0.4, 0.5) is 0 Å². The van der Waals surface area contributed by atoms with Crippen LogP contribution in [-0.2, 0) is 18.4 Å². The summed E-state index contributed by atoms with van der Waals surface area (Å²) in [6.45, 7) is 8.52. The molecular formula is C15H23N5O. The number of carbonyl (C=O) groups excluding carboxylic acids is 1. The Hall–Kier alpha value is -2.11. The van der Waals surface area contributed by atoms with Gasteiger partial charge in [-0.25, -0.2) is 4.98 Å². The Bertz CT molecular complexity index is 626. The topological polar surface area (TPSA) is 64.7 Å². The first kappa shape index (κ1) is 15.3. The van der Waals surface area contributed by atoms with E-state index in [1.54, 1.807) is 17.1 Å². The van der Waals surface area contributed by atoms with Gasteiger partial charge in [0.2, 0.25) is 5.91 Å². The maximum Gasteiger partial charge on any atom is 0.243 e. The number of hydrogen-bond acceptors (Lipinski definition) is 3. The normalized spacial score (nSPS) is 12.7. The molecule has 1 N–H and O–H groups in total. The average Bonchev–Trinajstić information content (AvgIpc) is 3.05. The first-order chi connectivity index (χ1) is 9.91. The molecule has 0 radical (unpaired) electrons. The van der Waals surface area contributed by atoms with Crippen LogP contribution in [0.3, 0.4) is 0 Å². The summed E-state index contributed by atoms with van der Waals surface area (Å²) in [5.74, 6) is 1.20. The van der Waals surface area contributed by atoms with E-state index in [-0.39, 0.29) is 17.9 Å². The van der Waals surface area contributed by atoms with E-state index in [9.17, 15) is 4.79 Å². The molecule has 6 nitrogen and oxygen atoms in total. The van der Waals surface area contributed by atoms with Crippen molar-refractivity contribution >= 4 is 5.91 Å². The van der Waals surface area contributed by atoms with Crippen molar-refractivity contribution in [3.8, 4) is 0 Å². The van der Waals surface area contributed by atoms with Gasteiger partial charge in [0, 0.05) is 43.2 Å². The SMILES string of the molecule is Cc1c(CNC(=O)[C@H](C)n2ccnc2C(C)C)cnn1C. The first-order valence-corrected chi connectivity index (χ1v) is 7.19. The van der Waals surface area contributed by atoms with Crippen LogP contribution in [0, 0.1) is 6.92 Å². The minimum Gasteiger partial charge on any atom is -0.350 e. The molecule has 2 rings (SSSR count).